The standard InChI is InChI=1S/C15H14BrFO/c16-15-10-13(17)7-6-12(15)9-14(18)8-11-4-2-1-3-5-11/h1-7,10,14,18H,8-9H2. The van der Waals surface area contributed by atoms with Gasteiger partial charge in [0.05, 0.1) is 6.10 Å². The smallest absolute Gasteiger partial charge is 0.124 e. The zero-order valence-electron chi connectivity index (χ0n) is 9.81. The monoisotopic (exact) mass is 308 g/mol. The molecule has 0 spiro atoms. The number of benzene rings is 2. The fourth-order valence-corrected chi connectivity index (χ4v) is 2.41. The Bertz CT molecular complexity index is 513. The van der Waals surface area contributed by atoms with Gasteiger partial charge in [-0.2, -0.15) is 0 Å². The minimum Gasteiger partial charge on any atom is -0.392 e. The molecule has 0 bridgehead atoms. The van der Waals surface area contributed by atoms with Crippen molar-refractivity contribution in [1.29, 1.82) is 0 Å². The molecule has 3 heteroatoms. The third kappa shape index (κ3) is 3.65. The predicted octanol–water partition coefficient (Wildman–Crippen LogP) is 3.73. The van der Waals surface area contributed by atoms with Crippen molar-refractivity contribution >= 4 is 15.9 Å². The van der Waals surface area contributed by atoms with Crippen LogP contribution in [0.15, 0.2) is 53.0 Å². The first-order chi connectivity index (χ1) is 8.65. The Kier molecular flexibility index (Phi) is 4.50. The molecule has 1 atom stereocenters. The summed E-state index contributed by atoms with van der Waals surface area (Å²) in [6.45, 7) is 0. The summed E-state index contributed by atoms with van der Waals surface area (Å²) in [5.74, 6) is -0.275. The highest BCUT2D eigenvalue weighted by atomic mass is 79.9. The van der Waals surface area contributed by atoms with E-state index < -0.39 is 6.10 Å². The van der Waals surface area contributed by atoms with E-state index in [9.17, 15) is 9.50 Å². The van der Waals surface area contributed by atoms with Crippen molar-refractivity contribution in [2.45, 2.75) is 18.9 Å². The Morgan fingerprint density at radius 2 is 1.78 bits per heavy atom. The van der Waals surface area contributed by atoms with E-state index in [2.05, 4.69) is 15.9 Å². The van der Waals surface area contributed by atoms with Gasteiger partial charge >= 0.3 is 0 Å². The number of aliphatic hydroxyl groups is 1. The van der Waals surface area contributed by atoms with E-state index in [-0.39, 0.29) is 5.82 Å². The minimum atomic E-state index is -0.464. The molecule has 0 heterocycles. The van der Waals surface area contributed by atoms with Crippen LogP contribution in [0.4, 0.5) is 4.39 Å². The molecule has 18 heavy (non-hydrogen) atoms. The third-order valence-electron chi connectivity index (χ3n) is 2.78. The number of rotatable bonds is 4. The lowest BCUT2D eigenvalue weighted by Crippen LogP contribution is -2.14. The fourth-order valence-electron chi connectivity index (χ4n) is 1.90. The highest BCUT2D eigenvalue weighted by Crippen LogP contribution is 2.20. The molecule has 0 saturated heterocycles. The zero-order chi connectivity index (χ0) is 13.0. The molecule has 0 amide bonds. The average molecular weight is 309 g/mol. The van der Waals surface area contributed by atoms with Crippen LogP contribution in [0.2, 0.25) is 0 Å². The van der Waals surface area contributed by atoms with E-state index in [1.807, 2.05) is 30.3 Å². The van der Waals surface area contributed by atoms with E-state index >= 15 is 0 Å². The first kappa shape index (κ1) is 13.2. The molecule has 0 aliphatic heterocycles. The maximum Gasteiger partial charge on any atom is 0.124 e. The molecule has 1 N–H and O–H groups in total. The highest BCUT2D eigenvalue weighted by molar-refractivity contribution is 9.10. The lowest BCUT2D eigenvalue weighted by molar-refractivity contribution is 0.175. The summed E-state index contributed by atoms with van der Waals surface area (Å²) in [5, 5.41) is 10.0. The van der Waals surface area contributed by atoms with Gasteiger partial charge in [0.1, 0.15) is 5.82 Å². The summed E-state index contributed by atoms with van der Waals surface area (Å²) in [6, 6.07) is 14.4. The topological polar surface area (TPSA) is 20.2 Å². The Balaban J connectivity index is 2.01. The van der Waals surface area contributed by atoms with Crippen molar-refractivity contribution in [2.24, 2.45) is 0 Å². The van der Waals surface area contributed by atoms with Gasteiger partial charge < -0.3 is 5.11 Å². The van der Waals surface area contributed by atoms with E-state index in [1.54, 1.807) is 6.07 Å². The largest absolute Gasteiger partial charge is 0.392 e. The fraction of sp³-hybridized carbons (Fsp3) is 0.200. The molecule has 94 valence electrons. The molecule has 2 aromatic carbocycles. The van der Waals surface area contributed by atoms with Gasteiger partial charge in [0.25, 0.3) is 0 Å². The van der Waals surface area contributed by atoms with Gasteiger partial charge in [0, 0.05) is 4.47 Å². The van der Waals surface area contributed by atoms with Gasteiger partial charge in [-0.15, -0.1) is 0 Å². The molecule has 2 aromatic rings. The minimum absolute atomic E-state index is 0.275. The number of aliphatic hydroxyl groups excluding tert-OH is 1. The summed E-state index contributed by atoms with van der Waals surface area (Å²) in [5.41, 5.74) is 2.02. The summed E-state index contributed by atoms with van der Waals surface area (Å²) < 4.78 is 13.6. The molecule has 0 radical (unpaired) electrons. The van der Waals surface area contributed by atoms with Crippen molar-refractivity contribution in [1.82, 2.24) is 0 Å². The van der Waals surface area contributed by atoms with Crippen molar-refractivity contribution in [3.8, 4) is 0 Å². The summed E-state index contributed by atoms with van der Waals surface area (Å²) in [6.07, 6.45) is 0.648. The highest BCUT2D eigenvalue weighted by Gasteiger charge is 2.09. The maximum atomic E-state index is 12.9. The Labute approximate surface area is 114 Å². The van der Waals surface area contributed by atoms with E-state index in [0.29, 0.717) is 17.3 Å². The van der Waals surface area contributed by atoms with Crippen LogP contribution < -0.4 is 0 Å². The lowest BCUT2D eigenvalue weighted by atomic mass is 10.0. The first-order valence-corrected chi connectivity index (χ1v) is 6.60. The Hall–Kier alpha value is -1.19. The number of halogens is 2. The quantitative estimate of drug-likeness (QED) is 0.912. The number of hydrogen-bond donors (Lipinski definition) is 1. The van der Waals surface area contributed by atoms with Crippen LogP contribution >= 0.6 is 15.9 Å². The van der Waals surface area contributed by atoms with E-state index in [4.69, 9.17) is 0 Å². The van der Waals surface area contributed by atoms with Crippen molar-refractivity contribution in [2.75, 3.05) is 0 Å². The molecule has 0 aliphatic rings. The summed E-state index contributed by atoms with van der Waals surface area (Å²) in [7, 11) is 0. The number of hydrogen-bond acceptors (Lipinski definition) is 1. The molecule has 1 nitrogen and oxygen atoms in total. The Morgan fingerprint density at radius 1 is 1.06 bits per heavy atom. The van der Waals surface area contributed by atoms with Gasteiger partial charge in [0.2, 0.25) is 0 Å². The van der Waals surface area contributed by atoms with Crippen LogP contribution in [-0.2, 0) is 12.8 Å². The molecule has 0 fully saturated rings. The molecule has 0 saturated carbocycles. The normalized spacial score (nSPS) is 12.4. The molecule has 0 aromatic heterocycles. The van der Waals surface area contributed by atoms with Crippen LogP contribution in [0.3, 0.4) is 0 Å². The lowest BCUT2D eigenvalue weighted by Gasteiger charge is -2.12. The van der Waals surface area contributed by atoms with Gasteiger partial charge in [-0.05, 0) is 36.1 Å². The SMILES string of the molecule is OC(Cc1ccccc1)Cc1ccc(F)cc1Br. The van der Waals surface area contributed by atoms with Crippen molar-refractivity contribution < 1.29 is 9.50 Å². The summed E-state index contributed by atoms with van der Waals surface area (Å²) >= 11 is 3.31. The Morgan fingerprint density at radius 3 is 2.44 bits per heavy atom. The van der Waals surface area contributed by atoms with Crippen LogP contribution in [0.1, 0.15) is 11.1 Å². The second-order valence-electron chi connectivity index (χ2n) is 4.28. The molecule has 1 unspecified atom stereocenters. The van der Waals surface area contributed by atoms with Gasteiger partial charge in [-0.1, -0.05) is 52.3 Å². The van der Waals surface area contributed by atoms with Crippen LogP contribution in [0.5, 0.6) is 0 Å². The zero-order valence-corrected chi connectivity index (χ0v) is 11.4. The van der Waals surface area contributed by atoms with Gasteiger partial charge in [-0.3, -0.25) is 0 Å². The van der Waals surface area contributed by atoms with Crippen LogP contribution in [0.25, 0.3) is 0 Å². The molecule has 0 aliphatic carbocycles. The molecular weight excluding hydrogens is 295 g/mol. The summed E-state index contributed by atoms with van der Waals surface area (Å²) in [4.78, 5) is 0. The second-order valence-corrected chi connectivity index (χ2v) is 5.14. The van der Waals surface area contributed by atoms with Gasteiger partial charge in [0.15, 0.2) is 0 Å². The van der Waals surface area contributed by atoms with Crippen molar-refractivity contribution in [3.05, 3.63) is 69.9 Å². The van der Waals surface area contributed by atoms with Crippen LogP contribution in [0, 0.1) is 5.82 Å². The van der Waals surface area contributed by atoms with Gasteiger partial charge in [-0.25, -0.2) is 4.39 Å². The van der Waals surface area contributed by atoms with E-state index in [0.717, 1.165) is 11.1 Å². The predicted molar refractivity (Wildman–Crippen MR) is 74.0 cm³/mol. The molecular formula is C15H14BrFO. The van der Waals surface area contributed by atoms with Crippen molar-refractivity contribution in [3.63, 3.8) is 0 Å². The first-order valence-electron chi connectivity index (χ1n) is 5.81. The average Bonchev–Trinajstić information content (AvgIpc) is 2.34. The van der Waals surface area contributed by atoms with E-state index in [1.165, 1.54) is 12.1 Å². The van der Waals surface area contributed by atoms with Crippen LogP contribution in [-0.4, -0.2) is 11.2 Å². The maximum absolute atomic E-state index is 12.9. The second kappa shape index (κ2) is 6.12. The molecule has 2 rings (SSSR count). The third-order valence-corrected chi connectivity index (χ3v) is 3.52.